The molecule has 0 fully saturated rings. The molecule has 2 atom stereocenters. The van der Waals surface area contributed by atoms with Gasteiger partial charge >= 0.3 is 0 Å². The zero-order valence-electron chi connectivity index (χ0n) is 12.1. The number of hydrazone groups is 1. The fourth-order valence-corrected chi connectivity index (χ4v) is 2.75. The average molecular weight is 278 g/mol. The van der Waals surface area contributed by atoms with Crippen molar-refractivity contribution in [3.63, 3.8) is 0 Å². The fourth-order valence-electron chi connectivity index (χ4n) is 2.75. The van der Waals surface area contributed by atoms with Crippen molar-refractivity contribution < 1.29 is 4.79 Å². The highest BCUT2D eigenvalue weighted by atomic mass is 16.2. The Labute approximate surface area is 125 Å². The van der Waals surface area contributed by atoms with E-state index in [9.17, 15) is 4.79 Å². The minimum atomic E-state index is -0.165. The second-order valence-electron chi connectivity index (χ2n) is 5.53. The second kappa shape index (κ2) is 5.52. The summed E-state index contributed by atoms with van der Waals surface area (Å²) in [5.74, 6) is -0.100. The maximum absolute atomic E-state index is 12.6. The predicted octanol–water partition coefficient (Wildman–Crippen LogP) is 3.17. The zero-order chi connectivity index (χ0) is 14.8. The van der Waals surface area contributed by atoms with Crippen LogP contribution in [0.1, 0.15) is 12.5 Å². The minimum absolute atomic E-state index is 0.0197. The number of carbonyl (C=O) groups excluding carboxylic acids is 1. The van der Waals surface area contributed by atoms with Gasteiger partial charge in [-0.3, -0.25) is 4.79 Å². The lowest BCUT2D eigenvalue weighted by molar-refractivity contribution is -0.135. The van der Waals surface area contributed by atoms with E-state index in [1.54, 1.807) is 5.01 Å². The molecule has 2 aliphatic rings. The van der Waals surface area contributed by atoms with Crippen molar-refractivity contribution in [1.29, 1.82) is 0 Å². The first-order chi connectivity index (χ1) is 10.2. The second-order valence-corrected chi connectivity index (χ2v) is 5.53. The summed E-state index contributed by atoms with van der Waals surface area (Å²) in [6.45, 7) is 6.27. The van der Waals surface area contributed by atoms with Crippen LogP contribution in [0.15, 0.2) is 71.9 Å². The van der Waals surface area contributed by atoms with E-state index in [0.717, 1.165) is 16.8 Å². The van der Waals surface area contributed by atoms with Crippen LogP contribution in [0.25, 0.3) is 0 Å². The molecule has 0 saturated heterocycles. The van der Waals surface area contributed by atoms with Gasteiger partial charge in [-0.05, 0) is 12.5 Å². The first kappa shape index (κ1) is 13.6. The van der Waals surface area contributed by atoms with Gasteiger partial charge in [-0.25, -0.2) is 5.01 Å². The lowest BCUT2D eigenvalue weighted by atomic mass is 9.80. The SMILES string of the molecule is C=C(C)CN1N=C(c2ccccc2)[C@H]2C=CC=C[C@H]2C1=O. The van der Waals surface area contributed by atoms with E-state index in [1.807, 2.05) is 55.5 Å². The number of amides is 1. The first-order valence-electron chi connectivity index (χ1n) is 7.11. The van der Waals surface area contributed by atoms with Gasteiger partial charge in [0.25, 0.3) is 5.91 Å². The van der Waals surface area contributed by atoms with Gasteiger partial charge in [0.2, 0.25) is 0 Å². The summed E-state index contributed by atoms with van der Waals surface area (Å²) in [4.78, 5) is 12.6. The van der Waals surface area contributed by atoms with E-state index in [1.165, 1.54) is 0 Å². The highest BCUT2D eigenvalue weighted by molar-refractivity contribution is 6.08. The summed E-state index contributed by atoms with van der Waals surface area (Å²) in [5, 5.41) is 6.16. The van der Waals surface area contributed by atoms with E-state index in [-0.39, 0.29) is 17.7 Å². The molecule has 0 aromatic heterocycles. The van der Waals surface area contributed by atoms with Gasteiger partial charge in [-0.1, -0.05) is 66.8 Å². The largest absolute Gasteiger partial charge is 0.272 e. The molecule has 3 nitrogen and oxygen atoms in total. The van der Waals surface area contributed by atoms with Gasteiger partial charge in [-0.2, -0.15) is 5.10 Å². The smallest absolute Gasteiger partial charge is 0.250 e. The van der Waals surface area contributed by atoms with E-state index in [0.29, 0.717) is 6.54 Å². The number of allylic oxidation sites excluding steroid dienone is 3. The molecule has 0 radical (unpaired) electrons. The summed E-state index contributed by atoms with van der Waals surface area (Å²) in [6, 6.07) is 10.1. The van der Waals surface area contributed by atoms with Crippen LogP contribution in [0.4, 0.5) is 0 Å². The van der Waals surface area contributed by atoms with Gasteiger partial charge in [0.1, 0.15) is 0 Å². The number of benzene rings is 1. The Bertz CT molecular complexity index is 655. The van der Waals surface area contributed by atoms with Gasteiger partial charge in [-0.15, -0.1) is 0 Å². The molecule has 1 amide bonds. The van der Waals surface area contributed by atoms with Crippen LogP contribution in [-0.2, 0) is 4.79 Å². The Balaban J connectivity index is 2.05. The van der Waals surface area contributed by atoms with Gasteiger partial charge in [0, 0.05) is 5.92 Å². The predicted molar refractivity (Wildman–Crippen MR) is 84.8 cm³/mol. The molecule has 1 heterocycles. The van der Waals surface area contributed by atoms with E-state index < -0.39 is 0 Å². The van der Waals surface area contributed by atoms with Crippen molar-refractivity contribution >= 4 is 11.6 Å². The molecule has 0 saturated carbocycles. The van der Waals surface area contributed by atoms with Crippen molar-refractivity contribution in [1.82, 2.24) is 5.01 Å². The number of hydrogen-bond acceptors (Lipinski definition) is 2. The number of nitrogens with zero attached hydrogens (tertiary/aromatic N) is 2. The van der Waals surface area contributed by atoms with E-state index in [2.05, 4.69) is 17.8 Å². The van der Waals surface area contributed by atoms with Gasteiger partial charge < -0.3 is 0 Å². The monoisotopic (exact) mass is 278 g/mol. The van der Waals surface area contributed by atoms with E-state index >= 15 is 0 Å². The third-order valence-corrected chi connectivity index (χ3v) is 3.71. The Morgan fingerprint density at radius 1 is 1.19 bits per heavy atom. The molecule has 0 unspecified atom stereocenters. The summed E-state index contributed by atoms with van der Waals surface area (Å²) in [5.41, 5.74) is 2.93. The maximum Gasteiger partial charge on any atom is 0.250 e. The van der Waals surface area contributed by atoms with Crippen molar-refractivity contribution in [2.45, 2.75) is 6.92 Å². The van der Waals surface area contributed by atoms with Crippen molar-refractivity contribution in [3.8, 4) is 0 Å². The van der Waals surface area contributed by atoms with Crippen LogP contribution in [0.2, 0.25) is 0 Å². The number of carbonyl (C=O) groups is 1. The molecule has 21 heavy (non-hydrogen) atoms. The van der Waals surface area contributed by atoms with Gasteiger partial charge in [0.05, 0.1) is 18.2 Å². The molecular formula is C18H18N2O. The highest BCUT2D eigenvalue weighted by Crippen LogP contribution is 2.31. The van der Waals surface area contributed by atoms with Crippen molar-refractivity contribution in [2.24, 2.45) is 16.9 Å². The topological polar surface area (TPSA) is 32.7 Å². The summed E-state index contributed by atoms with van der Waals surface area (Å²) < 4.78 is 0. The van der Waals surface area contributed by atoms with Crippen LogP contribution >= 0.6 is 0 Å². The molecule has 3 heteroatoms. The maximum atomic E-state index is 12.6. The highest BCUT2D eigenvalue weighted by Gasteiger charge is 2.37. The Morgan fingerprint density at radius 3 is 2.52 bits per heavy atom. The molecule has 1 aliphatic heterocycles. The Hall–Kier alpha value is -2.42. The summed E-state index contributed by atoms with van der Waals surface area (Å²) >= 11 is 0. The third-order valence-electron chi connectivity index (χ3n) is 3.71. The van der Waals surface area contributed by atoms with Crippen molar-refractivity contribution in [2.75, 3.05) is 6.54 Å². The van der Waals surface area contributed by atoms with Crippen molar-refractivity contribution in [3.05, 3.63) is 72.4 Å². The lowest BCUT2D eigenvalue weighted by Crippen LogP contribution is -2.44. The average Bonchev–Trinajstić information content (AvgIpc) is 2.51. The quantitative estimate of drug-likeness (QED) is 0.782. The molecule has 106 valence electrons. The zero-order valence-corrected chi connectivity index (χ0v) is 12.1. The molecule has 1 aromatic carbocycles. The standard InChI is InChI=1S/C18H18N2O/c1-13(2)12-20-18(21)16-11-7-6-10-15(16)17(19-20)14-8-4-3-5-9-14/h3-11,15-16H,1,12H2,2H3/t15-,16+/m0/s1. The lowest BCUT2D eigenvalue weighted by Gasteiger charge is -2.34. The molecule has 0 bridgehead atoms. The number of fused-ring (bicyclic) bond motifs is 1. The molecular weight excluding hydrogens is 260 g/mol. The van der Waals surface area contributed by atoms with Crippen LogP contribution in [0.3, 0.4) is 0 Å². The first-order valence-corrected chi connectivity index (χ1v) is 7.11. The van der Waals surface area contributed by atoms with Gasteiger partial charge in [0.15, 0.2) is 0 Å². The molecule has 1 aliphatic carbocycles. The Kier molecular flexibility index (Phi) is 3.57. The van der Waals surface area contributed by atoms with Crippen LogP contribution in [-0.4, -0.2) is 23.2 Å². The summed E-state index contributed by atoms with van der Waals surface area (Å²) in [7, 11) is 0. The number of hydrogen-bond donors (Lipinski definition) is 0. The van der Waals surface area contributed by atoms with Crippen LogP contribution in [0.5, 0.6) is 0 Å². The molecule has 3 rings (SSSR count). The van der Waals surface area contributed by atoms with Crippen LogP contribution < -0.4 is 0 Å². The van der Waals surface area contributed by atoms with Crippen LogP contribution in [0, 0.1) is 11.8 Å². The Morgan fingerprint density at radius 2 is 1.86 bits per heavy atom. The third kappa shape index (κ3) is 2.59. The van der Waals surface area contributed by atoms with E-state index in [4.69, 9.17) is 0 Å². The molecule has 0 spiro atoms. The molecule has 1 aromatic rings. The minimum Gasteiger partial charge on any atom is -0.272 e. The number of rotatable bonds is 3. The fraction of sp³-hybridized carbons (Fsp3) is 0.222. The molecule has 0 N–H and O–H groups in total. The summed E-state index contributed by atoms with van der Waals surface area (Å²) in [6.07, 6.45) is 7.95. The normalized spacial score (nSPS) is 23.8.